The first-order valence-electron chi connectivity index (χ1n) is 8.60. The fourth-order valence-corrected chi connectivity index (χ4v) is 3.50. The van der Waals surface area contributed by atoms with Crippen LogP contribution in [-0.4, -0.2) is 28.6 Å². The molecule has 0 amide bonds. The molecule has 0 aliphatic heterocycles. The minimum atomic E-state index is 0.360. The zero-order chi connectivity index (χ0) is 15.2. The van der Waals surface area contributed by atoms with Gasteiger partial charge in [-0.15, -0.1) is 0 Å². The van der Waals surface area contributed by atoms with Gasteiger partial charge in [0, 0.05) is 12.1 Å². The molecule has 118 valence electrons. The minimum Gasteiger partial charge on any atom is -0.508 e. The van der Waals surface area contributed by atoms with Gasteiger partial charge in [0.25, 0.3) is 0 Å². The zero-order valence-electron chi connectivity index (χ0n) is 13.9. The average molecular weight is 289 g/mol. The molecule has 0 saturated heterocycles. The molecule has 1 N–H and O–H groups in total. The van der Waals surface area contributed by atoms with Crippen molar-refractivity contribution >= 4 is 0 Å². The first-order chi connectivity index (χ1) is 10.1. The maximum Gasteiger partial charge on any atom is 0.115 e. The first-order valence-corrected chi connectivity index (χ1v) is 8.60. The molecule has 0 aromatic heterocycles. The van der Waals surface area contributed by atoms with E-state index in [0.717, 1.165) is 18.4 Å². The van der Waals surface area contributed by atoms with Crippen molar-refractivity contribution in [3.63, 3.8) is 0 Å². The number of aromatic hydroxyl groups is 1. The Morgan fingerprint density at radius 2 is 1.71 bits per heavy atom. The monoisotopic (exact) mass is 289 g/mol. The van der Waals surface area contributed by atoms with Gasteiger partial charge < -0.3 is 5.11 Å². The van der Waals surface area contributed by atoms with Crippen molar-refractivity contribution in [1.29, 1.82) is 0 Å². The molecule has 1 aromatic carbocycles. The van der Waals surface area contributed by atoms with Crippen molar-refractivity contribution in [2.75, 3.05) is 6.54 Å². The highest BCUT2D eigenvalue weighted by atomic mass is 16.3. The Labute approximate surface area is 130 Å². The summed E-state index contributed by atoms with van der Waals surface area (Å²) in [5.74, 6) is 1.13. The van der Waals surface area contributed by atoms with Crippen molar-refractivity contribution < 1.29 is 5.11 Å². The summed E-state index contributed by atoms with van der Waals surface area (Å²) >= 11 is 0. The van der Waals surface area contributed by atoms with E-state index in [-0.39, 0.29) is 0 Å². The van der Waals surface area contributed by atoms with Gasteiger partial charge in [-0.1, -0.05) is 38.8 Å². The van der Waals surface area contributed by atoms with Crippen LogP contribution < -0.4 is 0 Å². The lowest BCUT2D eigenvalue weighted by molar-refractivity contribution is 0.136. The summed E-state index contributed by atoms with van der Waals surface area (Å²) in [4.78, 5) is 2.75. The topological polar surface area (TPSA) is 23.5 Å². The maximum atomic E-state index is 9.41. The van der Waals surface area contributed by atoms with Gasteiger partial charge in [0.1, 0.15) is 5.75 Å². The molecule has 21 heavy (non-hydrogen) atoms. The minimum absolute atomic E-state index is 0.360. The molecular weight excluding hydrogens is 258 g/mol. The van der Waals surface area contributed by atoms with Gasteiger partial charge in [0.2, 0.25) is 0 Å². The summed E-state index contributed by atoms with van der Waals surface area (Å²) in [7, 11) is 0. The van der Waals surface area contributed by atoms with E-state index in [1.807, 2.05) is 0 Å². The van der Waals surface area contributed by atoms with Crippen molar-refractivity contribution in [3.05, 3.63) is 29.8 Å². The Bertz CT molecular complexity index is 406. The van der Waals surface area contributed by atoms with E-state index in [4.69, 9.17) is 0 Å². The van der Waals surface area contributed by atoms with E-state index < -0.39 is 0 Å². The number of phenols is 1. The van der Waals surface area contributed by atoms with Gasteiger partial charge in [-0.25, -0.2) is 0 Å². The van der Waals surface area contributed by atoms with Crippen molar-refractivity contribution in [2.45, 2.75) is 71.4 Å². The predicted molar refractivity (Wildman–Crippen MR) is 89.7 cm³/mol. The second-order valence-corrected chi connectivity index (χ2v) is 7.08. The molecule has 1 fully saturated rings. The summed E-state index contributed by atoms with van der Waals surface area (Å²) in [6, 6.07) is 9.08. The molecule has 2 nitrogen and oxygen atoms in total. The van der Waals surface area contributed by atoms with Gasteiger partial charge in [0.05, 0.1) is 0 Å². The predicted octanol–water partition coefficient (Wildman–Crippen LogP) is 4.61. The maximum absolute atomic E-state index is 9.41. The number of rotatable bonds is 7. The summed E-state index contributed by atoms with van der Waals surface area (Å²) in [6.07, 6.45) is 7.91. The molecular formula is C19H31NO. The van der Waals surface area contributed by atoms with Crippen LogP contribution in [0.3, 0.4) is 0 Å². The van der Waals surface area contributed by atoms with Gasteiger partial charge in [-0.3, -0.25) is 4.90 Å². The van der Waals surface area contributed by atoms with Crippen LogP contribution in [0.5, 0.6) is 5.75 Å². The second-order valence-electron chi connectivity index (χ2n) is 7.08. The smallest absolute Gasteiger partial charge is 0.115 e. The van der Waals surface area contributed by atoms with Crippen LogP contribution in [0.15, 0.2) is 24.3 Å². The molecule has 2 rings (SSSR count). The van der Waals surface area contributed by atoms with Crippen LogP contribution in [-0.2, 0) is 6.42 Å². The quantitative estimate of drug-likeness (QED) is 0.792. The molecule has 0 radical (unpaired) electrons. The van der Waals surface area contributed by atoms with E-state index in [2.05, 4.69) is 37.8 Å². The van der Waals surface area contributed by atoms with Gasteiger partial charge >= 0.3 is 0 Å². The number of phenolic OH excluding ortho intramolecular Hbond substituents is 1. The molecule has 1 aliphatic rings. The van der Waals surface area contributed by atoms with E-state index >= 15 is 0 Å². The van der Waals surface area contributed by atoms with Crippen molar-refractivity contribution in [1.82, 2.24) is 4.90 Å². The van der Waals surface area contributed by atoms with Gasteiger partial charge in [-0.2, -0.15) is 0 Å². The highest BCUT2D eigenvalue weighted by Crippen LogP contribution is 2.27. The lowest BCUT2D eigenvalue weighted by atomic mass is 10.0. The standard InChI is InChI=1S/C19H31NO/c1-15(2)12-13-20(18-6-4-5-7-18)16(3)14-17-8-10-19(21)11-9-17/h8-11,15-16,18,21H,4-7,12-14H2,1-3H3. The summed E-state index contributed by atoms with van der Waals surface area (Å²) in [5, 5.41) is 9.41. The summed E-state index contributed by atoms with van der Waals surface area (Å²) in [6.45, 7) is 8.22. The average Bonchev–Trinajstić information content (AvgIpc) is 2.95. The van der Waals surface area contributed by atoms with Crippen LogP contribution in [0.1, 0.15) is 58.4 Å². The lowest BCUT2D eigenvalue weighted by Crippen LogP contribution is -2.42. The number of hydrogen-bond acceptors (Lipinski definition) is 2. The van der Waals surface area contributed by atoms with Crippen LogP contribution in [0.4, 0.5) is 0 Å². The Morgan fingerprint density at radius 3 is 2.29 bits per heavy atom. The highest BCUT2D eigenvalue weighted by molar-refractivity contribution is 5.26. The fourth-order valence-electron chi connectivity index (χ4n) is 3.50. The highest BCUT2D eigenvalue weighted by Gasteiger charge is 2.26. The van der Waals surface area contributed by atoms with Gasteiger partial charge in [-0.05, 0) is 62.8 Å². The second kappa shape index (κ2) is 7.84. The third kappa shape index (κ3) is 5.03. The molecule has 1 saturated carbocycles. The van der Waals surface area contributed by atoms with E-state index in [1.165, 1.54) is 44.2 Å². The molecule has 2 heteroatoms. The number of hydrogen-bond donors (Lipinski definition) is 1. The van der Waals surface area contributed by atoms with E-state index in [0.29, 0.717) is 11.8 Å². The molecule has 1 aromatic rings. The van der Waals surface area contributed by atoms with Crippen LogP contribution >= 0.6 is 0 Å². The normalized spacial score (nSPS) is 17.8. The number of benzene rings is 1. The molecule has 1 atom stereocenters. The Kier molecular flexibility index (Phi) is 6.10. The van der Waals surface area contributed by atoms with Crippen LogP contribution in [0.2, 0.25) is 0 Å². The molecule has 0 bridgehead atoms. The van der Waals surface area contributed by atoms with Crippen LogP contribution in [0, 0.1) is 5.92 Å². The zero-order valence-corrected chi connectivity index (χ0v) is 13.9. The Hall–Kier alpha value is -1.02. The fraction of sp³-hybridized carbons (Fsp3) is 0.684. The largest absolute Gasteiger partial charge is 0.508 e. The molecule has 0 heterocycles. The van der Waals surface area contributed by atoms with Crippen LogP contribution in [0.25, 0.3) is 0 Å². The third-order valence-corrected chi connectivity index (χ3v) is 4.79. The van der Waals surface area contributed by atoms with E-state index in [9.17, 15) is 5.11 Å². The molecule has 0 spiro atoms. The first kappa shape index (κ1) is 16.4. The lowest BCUT2D eigenvalue weighted by Gasteiger charge is -2.35. The van der Waals surface area contributed by atoms with Gasteiger partial charge in [0.15, 0.2) is 0 Å². The van der Waals surface area contributed by atoms with Crippen molar-refractivity contribution in [2.24, 2.45) is 5.92 Å². The number of nitrogens with zero attached hydrogens (tertiary/aromatic N) is 1. The summed E-state index contributed by atoms with van der Waals surface area (Å²) < 4.78 is 0. The molecule has 1 aliphatic carbocycles. The van der Waals surface area contributed by atoms with Crippen molar-refractivity contribution in [3.8, 4) is 5.75 Å². The Balaban J connectivity index is 1.98. The SMILES string of the molecule is CC(C)CCN(C(C)Cc1ccc(O)cc1)C1CCCC1. The molecule has 1 unspecified atom stereocenters. The summed E-state index contributed by atoms with van der Waals surface area (Å²) in [5.41, 5.74) is 1.33. The third-order valence-electron chi connectivity index (χ3n) is 4.79. The van der Waals surface area contributed by atoms with E-state index in [1.54, 1.807) is 12.1 Å². The Morgan fingerprint density at radius 1 is 1.10 bits per heavy atom.